The van der Waals surface area contributed by atoms with Crippen LogP contribution >= 0.6 is 0 Å². The molecule has 0 N–H and O–H groups in total. The molecule has 0 saturated carbocycles. The molecule has 12 aromatic rings. The van der Waals surface area contributed by atoms with Crippen LogP contribution in [0.15, 0.2) is 237 Å². The fourth-order valence-electron chi connectivity index (χ4n) is 11.0. The van der Waals surface area contributed by atoms with Crippen LogP contribution in [0.4, 0.5) is 11.6 Å². The van der Waals surface area contributed by atoms with Crippen LogP contribution < -0.4 is 4.90 Å². The van der Waals surface area contributed by atoms with E-state index in [0.717, 1.165) is 61.3 Å². The van der Waals surface area contributed by atoms with Gasteiger partial charge in [0.25, 0.3) is 0 Å². The van der Waals surface area contributed by atoms with Gasteiger partial charge in [-0.1, -0.05) is 214 Å². The molecule has 0 amide bonds. The molecule has 0 aliphatic heterocycles. The summed E-state index contributed by atoms with van der Waals surface area (Å²) in [5, 5.41) is 7.56. The third kappa shape index (κ3) is 7.26. The third-order valence-corrected chi connectivity index (χ3v) is 14.7. The van der Waals surface area contributed by atoms with Crippen LogP contribution in [0.5, 0.6) is 0 Å². The van der Waals surface area contributed by atoms with Gasteiger partial charge in [-0.15, -0.1) is 0 Å². The fraction of sp³-hybridized carbons (Fsp3) is 0.0597. The van der Waals surface area contributed by atoms with E-state index < -0.39 is 0 Å². The van der Waals surface area contributed by atoms with E-state index in [1.807, 2.05) is 12.1 Å². The quantitative estimate of drug-likeness (QED) is 0.142. The van der Waals surface area contributed by atoms with E-state index in [0.29, 0.717) is 17.6 Å². The van der Waals surface area contributed by atoms with Gasteiger partial charge >= 0.3 is 0 Å². The average molecular weight is 909 g/mol. The van der Waals surface area contributed by atoms with Crippen molar-refractivity contribution < 1.29 is 0 Å². The largest absolute Gasteiger partial charge is 0.313 e. The summed E-state index contributed by atoms with van der Waals surface area (Å²) < 4.78 is 0. The van der Waals surface area contributed by atoms with E-state index in [2.05, 4.69) is 250 Å². The van der Waals surface area contributed by atoms with E-state index in [-0.39, 0.29) is 5.41 Å². The van der Waals surface area contributed by atoms with Crippen molar-refractivity contribution in [2.75, 3.05) is 11.9 Å². The minimum absolute atomic E-state index is 0.114. The van der Waals surface area contributed by atoms with Crippen LogP contribution in [0, 0.1) is 0 Å². The maximum absolute atomic E-state index is 5.33. The van der Waals surface area contributed by atoms with Crippen LogP contribution in [0.2, 0.25) is 0 Å². The molecule has 13 rings (SSSR count). The van der Waals surface area contributed by atoms with Crippen LogP contribution in [0.3, 0.4) is 0 Å². The van der Waals surface area contributed by atoms with E-state index in [1.54, 1.807) is 0 Å². The highest BCUT2D eigenvalue weighted by atomic mass is 15.3. The van der Waals surface area contributed by atoms with Crippen molar-refractivity contribution in [3.05, 3.63) is 248 Å². The van der Waals surface area contributed by atoms with Crippen LogP contribution in [-0.2, 0) is 5.41 Å². The first-order valence-electron chi connectivity index (χ1n) is 24.4. The first kappa shape index (κ1) is 42.1. The summed E-state index contributed by atoms with van der Waals surface area (Å²) in [5.41, 5.74) is 16.9. The Morgan fingerprint density at radius 2 is 0.732 bits per heavy atom. The summed E-state index contributed by atoms with van der Waals surface area (Å²) in [7, 11) is 2.08. The highest BCUT2D eigenvalue weighted by Gasteiger charge is 2.35. The molecule has 1 aliphatic rings. The van der Waals surface area contributed by atoms with Crippen LogP contribution in [0.25, 0.3) is 111 Å². The normalized spacial score (nSPS) is 12.5. The summed E-state index contributed by atoms with van der Waals surface area (Å²) in [4.78, 5) is 18.1. The van der Waals surface area contributed by atoms with Crippen LogP contribution in [-0.4, -0.2) is 22.0 Å². The van der Waals surface area contributed by atoms with Gasteiger partial charge in [0.05, 0.1) is 5.69 Å². The standard InChI is InChI=1S/C67H48N4/c1-67(2)61-31-15-14-30-57(61)60-42-49(33-36-62(60)67)58-40-48(47-32-35-56-54-28-11-10-26-52(54)53-27-12-13-29-55(53)59(56)41-47)34-37-63(58)71(3)66-69-64(50-24-16-22-45(38-50)43-18-6-4-7-19-43)68-65(70-66)51-25-17-23-46(39-51)44-20-8-5-9-21-44/h4-42H,1-3H3. The smallest absolute Gasteiger partial charge is 0.233 e. The Morgan fingerprint density at radius 1 is 0.296 bits per heavy atom. The molecule has 336 valence electrons. The molecule has 4 nitrogen and oxygen atoms in total. The Kier molecular flexibility index (Phi) is 10.0. The third-order valence-electron chi connectivity index (χ3n) is 14.7. The summed E-state index contributed by atoms with van der Waals surface area (Å²) in [6.45, 7) is 4.68. The predicted molar refractivity (Wildman–Crippen MR) is 297 cm³/mol. The van der Waals surface area contributed by atoms with Crippen molar-refractivity contribution >= 4 is 44.0 Å². The molecule has 0 fully saturated rings. The Balaban J connectivity index is 1.00. The van der Waals surface area contributed by atoms with Gasteiger partial charge in [-0.05, 0) is 130 Å². The number of anilines is 2. The van der Waals surface area contributed by atoms with Crippen molar-refractivity contribution in [2.24, 2.45) is 0 Å². The minimum atomic E-state index is -0.114. The summed E-state index contributed by atoms with van der Waals surface area (Å²) in [6.07, 6.45) is 0. The van der Waals surface area contributed by atoms with Gasteiger partial charge in [-0.3, -0.25) is 0 Å². The molecule has 0 atom stereocenters. The topological polar surface area (TPSA) is 41.9 Å². The summed E-state index contributed by atoms with van der Waals surface area (Å²) in [5.74, 6) is 1.75. The molecule has 0 spiro atoms. The van der Waals surface area contributed by atoms with Gasteiger partial charge < -0.3 is 4.90 Å². The monoisotopic (exact) mass is 908 g/mol. The van der Waals surface area contributed by atoms with Crippen molar-refractivity contribution in [2.45, 2.75) is 19.3 Å². The SMILES string of the molecule is CN(c1nc(-c2cccc(-c3ccccc3)c2)nc(-c2cccc(-c3ccccc3)c2)n1)c1ccc(-c2ccc3c4ccccc4c4ccccc4c3c2)cc1-c1ccc2c(c1)-c1ccccc1C2(C)C. The molecule has 1 heterocycles. The summed E-state index contributed by atoms with van der Waals surface area (Å²) in [6, 6.07) is 85.2. The maximum atomic E-state index is 5.33. The molecule has 1 aliphatic carbocycles. The molecular formula is C67H48N4. The zero-order valence-corrected chi connectivity index (χ0v) is 39.8. The lowest BCUT2D eigenvalue weighted by Gasteiger charge is -2.24. The van der Waals surface area contributed by atoms with Gasteiger partial charge in [0, 0.05) is 29.2 Å². The number of rotatable bonds is 8. The van der Waals surface area contributed by atoms with Gasteiger partial charge in [0.2, 0.25) is 5.95 Å². The van der Waals surface area contributed by atoms with Crippen molar-refractivity contribution in [3.8, 4) is 78.4 Å². The summed E-state index contributed by atoms with van der Waals surface area (Å²) >= 11 is 0. The van der Waals surface area contributed by atoms with E-state index in [4.69, 9.17) is 15.0 Å². The molecule has 71 heavy (non-hydrogen) atoms. The fourth-order valence-corrected chi connectivity index (χ4v) is 11.0. The molecule has 0 unspecified atom stereocenters. The number of benzene rings is 11. The maximum Gasteiger partial charge on any atom is 0.233 e. The van der Waals surface area contributed by atoms with Gasteiger partial charge in [-0.25, -0.2) is 4.98 Å². The van der Waals surface area contributed by atoms with Gasteiger partial charge in [0.1, 0.15) is 0 Å². The lowest BCUT2D eigenvalue weighted by atomic mass is 9.82. The first-order chi connectivity index (χ1) is 34.9. The first-order valence-corrected chi connectivity index (χ1v) is 24.4. The second-order valence-electron chi connectivity index (χ2n) is 19.2. The number of hydrogen-bond donors (Lipinski definition) is 0. The van der Waals surface area contributed by atoms with Gasteiger partial charge in [-0.2, -0.15) is 9.97 Å². The highest BCUT2D eigenvalue weighted by Crippen LogP contribution is 2.50. The second-order valence-corrected chi connectivity index (χ2v) is 19.2. The number of nitrogens with zero attached hydrogens (tertiary/aromatic N) is 4. The molecule has 11 aromatic carbocycles. The zero-order valence-electron chi connectivity index (χ0n) is 39.8. The Morgan fingerprint density at radius 3 is 1.35 bits per heavy atom. The predicted octanol–water partition coefficient (Wildman–Crippen LogP) is 17.4. The Labute approximate surface area is 414 Å². The second kappa shape index (κ2) is 16.9. The highest BCUT2D eigenvalue weighted by molar-refractivity contribution is 6.25. The molecular weight excluding hydrogens is 861 g/mol. The van der Waals surface area contributed by atoms with Crippen LogP contribution in [0.1, 0.15) is 25.0 Å². The average Bonchev–Trinajstić information content (AvgIpc) is 3.67. The van der Waals surface area contributed by atoms with E-state index >= 15 is 0 Å². The Bertz CT molecular complexity index is 3910. The van der Waals surface area contributed by atoms with Gasteiger partial charge in [0.15, 0.2) is 11.6 Å². The molecule has 0 saturated heterocycles. The molecule has 4 heteroatoms. The van der Waals surface area contributed by atoms with E-state index in [1.165, 1.54) is 54.6 Å². The number of aromatic nitrogens is 3. The van der Waals surface area contributed by atoms with Crippen molar-refractivity contribution in [3.63, 3.8) is 0 Å². The number of fused-ring (bicyclic) bond motifs is 9. The Hall–Kier alpha value is -8.99. The minimum Gasteiger partial charge on any atom is -0.313 e. The number of hydrogen-bond acceptors (Lipinski definition) is 4. The molecule has 0 bridgehead atoms. The van der Waals surface area contributed by atoms with Crippen molar-refractivity contribution in [1.29, 1.82) is 0 Å². The lowest BCUT2D eigenvalue weighted by molar-refractivity contribution is 0.660. The molecule has 0 radical (unpaired) electrons. The molecule has 1 aromatic heterocycles. The lowest BCUT2D eigenvalue weighted by Crippen LogP contribution is -2.16. The zero-order chi connectivity index (χ0) is 47.6. The van der Waals surface area contributed by atoms with E-state index in [9.17, 15) is 0 Å². The van der Waals surface area contributed by atoms with Crippen molar-refractivity contribution in [1.82, 2.24) is 15.0 Å².